The maximum atomic E-state index is 9.34. The summed E-state index contributed by atoms with van der Waals surface area (Å²) in [6, 6.07) is 1.88. The van der Waals surface area contributed by atoms with E-state index < -0.39 is 5.60 Å². The maximum Gasteiger partial charge on any atom is 0.167 e. The first kappa shape index (κ1) is 6.53. The molecule has 0 amide bonds. The number of rotatable bonds is 0. The van der Waals surface area contributed by atoms with Crippen LogP contribution in [0.4, 0.5) is 0 Å². The molecule has 0 radical (unpaired) electrons. The average Bonchev–Trinajstić information content (AvgIpc) is 2.15. The second-order valence-corrected chi connectivity index (χ2v) is 2.57. The van der Waals surface area contributed by atoms with E-state index in [0.717, 1.165) is 6.54 Å². The van der Waals surface area contributed by atoms with Crippen LogP contribution in [0.3, 0.4) is 0 Å². The Bertz CT molecular complexity index is 152. The topological polar surface area (TPSA) is 56.0 Å². The fraction of sp³-hybridized carbons (Fsp3) is 0.833. The van der Waals surface area contributed by atoms with Crippen molar-refractivity contribution >= 4 is 0 Å². The lowest BCUT2D eigenvalue weighted by atomic mass is 9.95. The Morgan fingerprint density at radius 1 is 1.89 bits per heavy atom. The first-order valence-electron chi connectivity index (χ1n) is 3.03. The van der Waals surface area contributed by atoms with Crippen molar-refractivity contribution in [1.29, 1.82) is 5.26 Å². The van der Waals surface area contributed by atoms with Crippen LogP contribution in [0.5, 0.6) is 0 Å². The Morgan fingerprint density at radius 3 is 2.78 bits per heavy atom. The first-order valence-corrected chi connectivity index (χ1v) is 3.03. The highest BCUT2D eigenvalue weighted by Gasteiger charge is 2.38. The Balaban J connectivity index is 2.70. The zero-order chi connectivity index (χ0) is 6.91. The van der Waals surface area contributed by atoms with E-state index in [0.29, 0.717) is 6.54 Å². The predicted molar refractivity (Wildman–Crippen MR) is 32.6 cm³/mol. The zero-order valence-electron chi connectivity index (χ0n) is 5.39. The summed E-state index contributed by atoms with van der Waals surface area (Å²) in [5, 5.41) is 20.7. The molecule has 1 rings (SSSR count). The van der Waals surface area contributed by atoms with Crippen LogP contribution in [-0.4, -0.2) is 23.8 Å². The average molecular weight is 126 g/mol. The molecule has 0 aliphatic carbocycles. The lowest BCUT2D eigenvalue weighted by Crippen LogP contribution is -2.34. The summed E-state index contributed by atoms with van der Waals surface area (Å²) >= 11 is 0. The van der Waals surface area contributed by atoms with Gasteiger partial charge in [-0.2, -0.15) is 5.26 Å². The lowest BCUT2D eigenvalue weighted by molar-refractivity contribution is 0.0815. The van der Waals surface area contributed by atoms with Gasteiger partial charge in [0.25, 0.3) is 0 Å². The lowest BCUT2D eigenvalue weighted by Gasteiger charge is -2.15. The van der Waals surface area contributed by atoms with Gasteiger partial charge in [-0.25, -0.2) is 0 Å². The van der Waals surface area contributed by atoms with E-state index in [9.17, 15) is 5.11 Å². The molecule has 2 atom stereocenters. The van der Waals surface area contributed by atoms with Gasteiger partial charge in [0, 0.05) is 19.0 Å². The Hall–Kier alpha value is -0.590. The van der Waals surface area contributed by atoms with Gasteiger partial charge in [-0.05, 0) is 0 Å². The normalized spacial score (nSPS) is 42.6. The van der Waals surface area contributed by atoms with Crippen LogP contribution in [0.15, 0.2) is 0 Å². The van der Waals surface area contributed by atoms with Crippen molar-refractivity contribution in [2.45, 2.75) is 12.5 Å². The van der Waals surface area contributed by atoms with Crippen LogP contribution in [0.25, 0.3) is 0 Å². The zero-order valence-corrected chi connectivity index (χ0v) is 5.39. The molecule has 1 aliphatic heterocycles. The van der Waals surface area contributed by atoms with Gasteiger partial charge in [0.1, 0.15) is 0 Å². The van der Waals surface area contributed by atoms with Gasteiger partial charge in [-0.15, -0.1) is 0 Å². The van der Waals surface area contributed by atoms with Crippen LogP contribution in [0, 0.1) is 17.2 Å². The van der Waals surface area contributed by atoms with E-state index in [-0.39, 0.29) is 5.92 Å². The fourth-order valence-electron chi connectivity index (χ4n) is 0.972. The minimum absolute atomic E-state index is 0.0579. The molecule has 1 heterocycles. The summed E-state index contributed by atoms with van der Waals surface area (Å²) in [5.41, 5.74) is -1.11. The molecule has 2 unspecified atom stereocenters. The molecule has 1 aliphatic rings. The number of nitrogens with zero attached hydrogens (tertiary/aromatic N) is 1. The SMILES string of the molecule is CC1CNCC1(O)C#N. The molecule has 1 fully saturated rings. The van der Waals surface area contributed by atoms with Crippen molar-refractivity contribution in [3.63, 3.8) is 0 Å². The molecule has 3 heteroatoms. The fourth-order valence-corrected chi connectivity index (χ4v) is 0.972. The summed E-state index contributed by atoms with van der Waals surface area (Å²) in [6.07, 6.45) is 0. The quantitative estimate of drug-likeness (QED) is 0.429. The molecule has 2 N–H and O–H groups in total. The Labute approximate surface area is 54.3 Å². The van der Waals surface area contributed by atoms with Gasteiger partial charge in [-0.1, -0.05) is 6.92 Å². The van der Waals surface area contributed by atoms with Crippen molar-refractivity contribution < 1.29 is 5.11 Å². The number of hydrogen-bond donors (Lipinski definition) is 2. The summed E-state index contributed by atoms with van der Waals surface area (Å²) in [4.78, 5) is 0. The highest BCUT2D eigenvalue weighted by atomic mass is 16.3. The van der Waals surface area contributed by atoms with Crippen LogP contribution < -0.4 is 5.32 Å². The van der Waals surface area contributed by atoms with Crippen molar-refractivity contribution in [2.24, 2.45) is 5.92 Å². The highest BCUT2D eigenvalue weighted by Crippen LogP contribution is 2.19. The largest absolute Gasteiger partial charge is 0.374 e. The smallest absolute Gasteiger partial charge is 0.167 e. The van der Waals surface area contributed by atoms with Crippen LogP contribution in [-0.2, 0) is 0 Å². The number of nitriles is 1. The van der Waals surface area contributed by atoms with Gasteiger partial charge in [0.2, 0.25) is 0 Å². The molecule has 0 aromatic carbocycles. The molecule has 3 nitrogen and oxygen atoms in total. The van der Waals surface area contributed by atoms with Crippen LogP contribution in [0.2, 0.25) is 0 Å². The van der Waals surface area contributed by atoms with Crippen LogP contribution in [0.1, 0.15) is 6.92 Å². The third-order valence-corrected chi connectivity index (χ3v) is 1.85. The van der Waals surface area contributed by atoms with Crippen molar-refractivity contribution in [2.75, 3.05) is 13.1 Å². The molecular formula is C6H10N2O. The molecule has 0 aromatic heterocycles. The molecular weight excluding hydrogens is 116 g/mol. The first-order chi connectivity index (χ1) is 4.19. The molecule has 1 saturated heterocycles. The Kier molecular flexibility index (Phi) is 1.43. The molecule has 9 heavy (non-hydrogen) atoms. The Morgan fingerprint density at radius 2 is 2.56 bits per heavy atom. The van der Waals surface area contributed by atoms with Crippen LogP contribution >= 0.6 is 0 Å². The summed E-state index contributed by atoms with van der Waals surface area (Å²) in [5.74, 6) is 0.0579. The van der Waals surface area contributed by atoms with E-state index in [1.54, 1.807) is 0 Å². The van der Waals surface area contributed by atoms with Gasteiger partial charge < -0.3 is 10.4 Å². The third kappa shape index (κ3) is 0.913. The summed E-state index contributed by atoms with van der Waals surface area (Å²) in [6.45, 7) is 3.01. The highest BCUT2D eigenvalue weighted by molar-refractivity contribution is 5.09. The minimum atomic E-state index is -1.11. The minimum Gasteiger partial charge on any atom is -0.374 e. The van der Waals surface area contributed by atoms with Gasteiger partial charge >= 0.3 is 0 Å². The third-order valence-electron chi connectivity index (χ3n) is 1.85. The second kappa shape index (κ2) is 1.98. The molecule has 0 bridgehead atoms. The van der Waals surface area contributed by atoms with Crippen molar-refractivity contribution in [1.82, 2.24) is 5.32 Å². The maximum absolute atomic E-state index is 9.34. The summed E-state index contributed by atoms with van der Waals surface area (Å²) < 4.78 is 0. The van der Waals surface area contributed by atoms with Crippen molar-refractivity contribution in [3.8, 4) is 6.07 Å². The van der Waals surface area contributed by atoms with E-state index in [1.807, 2.05) is 13.0 Å². The number of aliphatic hydroxyl groups is 1. The second-order valence-electron chi connectivity index (χ2n) is 2.57. The molecule has 50 valence electrons. The number of β-amino-alcohol motifs (C(OH)–C–C–N with tert-alkyl or cyclic N) is 1. The van der Waals surface area contributed by atoms with Crippen molar-refractivity contribution in [3.05, 3.63) is 0 Å². The summed E-state index contributed by atoms with van der Waals surface area (Å²) in [7, 11) is 0. The monoisotopic (exact) mass is 126 g/mol. The molecule has 0 aromatic rings. The van der Waals surface area contributed by atoms with E-state index in [2.05, 4.69) is 5.32 Å². The van der Waals surface area contributed by atoms with Gasteiger partial charge in [0.05, 0.1) is 6.07 Å². The van der Waals surface area contributed by atoms with E-state index in [1.165, 1.54) is 0 Å². The van der Waals surface area contributed by atoms with E-state index in [4.69, 9.17) is 5.26 Å². The van der Waals surface area contributed by atoms with E-state index >= 15 is 0 Å². The molecule has 0 saturated carbocycles. The van der Waals surface area contributed by atoms with Gasteiger partial charge in [0.15, 0.2) is 5.60 Å². The number of nitrogens with one attached hydrogen (secondary N) is 1. The standard InChI is InChI=1S/C6H10N2O/c1-5-2-8-4-6(5,9)3-7/h5,8-9H,2,4H2,1H3. The number of hydrogen-bond acceptors (Lipinski definition) is 3. The predicted octanol–water partition coefficient (Wildman–Crippen LogP) is -0.520. The van der Waals surface area contributed by atoms with Gasteiger partial charge in [-0.3, -0.25) is 0 Å². The molecule has 0 spiro atoms.